The van der Waals surface area contributed by atoms with Crippen LogP contribution in [0.4, 0.5) is 0 Å². The first-order valence-corrected chi connectivity index (χ1v) is 7.33. The molecule has 1 aromatic carbocycles. The van der Waals surface area contributed by atoms with E-state index < -0.39 is 11.9 Å². The fourth-order valence-corrected chi connectivity index (χ4v) is 2.44. The molecule has 1 heterocycles. The smallest absolute Gasteiger partial charge is 0.303 e. The molecular formula is C15H16N2O3S. The molecule has 5 nitrogen and oxygen atoms in total. The van der Waals surface area contributed by atoms with Crippen molar-refractivity contribution in [3.8, 4) is 0 Å². The highest BCUT2D eigenvalue weighted by atomic mass is 32.1. The molecule has 0 spiro atoms. The monoisotopic (exact) mass is 304 g/mol. The maximum Gasteiger partial charge on any atom is 0.303 e. The van der Waals surface area contributed by atoms with Gasteiger partial charge in [-0.25, -0.2) is 0 Å². The van der Waals surface area contributed by atoms with Crippen molar-refractivity contribution < 1.29 is 14.3 Å². The molecule has 0 bridgehead atoms. The van der Waals surface area contributed by atoms with Gasteiger partial charge >= 0.3 is 5.97 Å². The minimum absolute atomic E-state index is 0.322. The number of hydrogen-bond acceptors (Lipinski definition) is 4. The molecule has 1 amide bonds. The van der Waals surface area contributed by atoms with Crippen molar-refractivity contribution in [2.45, 2.75) is 20.4 Å². The zero-order valence-electron chi connectivity index (χ0n) is 11.9. The third kappa shape index (κ3) is 4.68. The van der Waals surface area contributed by atoms with E-state index in [0.29, 0.717) is 11.3 Å². The highest BCUT2D eigenvalue weighted by Crippen LogP contribution is 2.05. The summed E-state index contributed by atoms with van der Waals surface area (Å²) in [7, 11) is 0. The molecule has 0 saturated heterocycles. The van der Waals surface area contributed by atoms with Crippen LogP contribution in [0, 0.1) is 6.92 Å². The SMILES string of the molecule is CC(=O)OCC(=O)N=c1sccn1Cc1ccc(C)cc1. The Morgan fingerprint density at radius 2 is 2.00 bits per heavy atom. The molecule has 110 valence electrons. The van der Waals surface area contributed by atoms with Crippen LogP contribution >= 0.6 is 11.3 Å². The molecule has 2 aromatic rings. The minimum atomic E-state index is -0.489. The number of esters is 1. The molecule has 0 fully saturated rings. The summed E-state index contributed by atoms with van der Waals surface area (Å²) in [4.78, 5) is 26.8. The van der Waals surface area contributed by atoms with E-state index in [1.54, 1.807) is 0 Å². The van der Waals surface area contributed by atoms with Crippen LogP contribution in [0.5, 0.6) is 0 Å². The average Bonchev–Trinajstić information content (AvgIpc) is 2.86. The Morgan fingerprint density at radius 3 is 2.67 bits per heavy atom. The van der Waals surface area contributed by atoms with E-state index in [0.717, 1.165) is 5.56 Å². The van der Waals surface area contributed by atoms with Gasteiger partial charge < -0.3 is 9.30 Å². The second kappa shape index (κ2) is 6.99. The van der Waals surface area contributed by atoms with Gasteiger partial charge in [0.15, 0.2) is 11.4 Å². The van der Waals surface area contributed by atoms with Crippen molar-refractivity contribution in [3.05, 3.63) is 51.8 Å². The quantitative estimate of drug-likeness (QED) is 0.811. The van der Waals surface area contributed by atoms with Gasteiger partial charge in [0.1, 0.15) is 0 Å². The molecule has 0 atom stereocenters. The van der Waals surface area contributed by atoms with E-state index in [2.05, 4.69) is 9.73 Å². The van der Waals surface area contributed by atoms with E-state index in [1.807, 2.05) is 47.3 Å². The largest absolute Gasteiger partial charge is 0.456 e. The van der Waals surface area contributed by atoms with Gasteiger partial charge in [-0.1, -0.05) is 29.8 Å². The number of amides is 1. The second-order valence-corrected chi connectivity index (χ2v) is 5.46. The third-order valence-corrected chi connectivity index (χ3v) is 3.55. The first kappa shape index (κ1) is 15.2. The van der Waals surface area contributed by atoms with Gasteiger partial charge in [-0.3, -0.25) is 9.59 Å². The highest BCUT2D eigenvalue weighted by molar-refractivity contribution is 7.07. The molecule has 0 N–H and O–H groups in total. The van der Waals surface area contributed by atoms with Crippen molar-refractivity contribution in [2.24, 2.45) is 4.99 Å². The maximum absolute atomic E-state index is 11.6. The first-order chi connectivity index (χ1) is 10.0. The molecule has 6 heteroatoms. The van der Waals surface area contributed by atoms with Gasteiger partial charge in [0.25, 0.3) is 5.91 Å². The zero-order chi connectivity index (χ0) is 15.2. The number of benzene rings is 1. The molecular weight excluding hydrogens is 288 g/mol. The molecule has 1 aromatic heterocycles. The van der Waals surface area contributed by atoms with Crippen molar-refractivity contribution in [1.82, 2.24) is 4.57 Å². The number of aryl methyl sites for hydroxylation is 1. The fraction of sp³-hybridized carbons (Fsp3) is 0.267. The highest BCUT2D eigenvalue weighted by Gasteiger charge is 2.04. The lowest BCUT2D eigenvalue weighted by atomic mass is 10.1. The number of carbonyl (C=O) groups is 2. The summed E-state index contributed by atoms with van der Waals surface area (Å²) in [6.45, 7) is 3.62. The molecule has 21 heavy (non-hydrogen) atoms. The van der Waals surface area contributed by atoms with E-state index in [1.165, 1.54) is 23.8 Å². The Kier molecular flexibility index (Phi) is 5.05. The summed E-state index contributed by atoms with van der Waals surface area (Å²) in [6.07, 6.45) is 1.88. The van der Waals surface area contributed by atoms with Gasteiger partial charge in [0.05, 0.1) is 0 Å². The standard InChI is InChI=1S/C15H16N2O3S/c1-11-3-5-13(6-4-11)9-17-7-8-21-15(17)16-14(19)10-20-12(2)18/h3-8H,9-10H2,1-2H3. The van der Waals surface area contributed by atoms with Gasteiger partial charge in [0.2, 0.25) is 0 Å². The summed E-state index contributed by atoms with van der Waals surface area (Å²) >= 11 is 1.37. The number of thiazole rings is 1. The van der Waals surface area contributed by atoms with Crippen LogP contribution < -0.4 is 4.80 Å². The van der Waals surface area contributed by atoms with Crippen LogP contribution in [0.25, 0.3) is 0 Å². The van der Waals surface area contributed by atoms with Crippen molar-refractivity contribution in [2.75, 3.05) is 6.61 Å². The predicted molar refractivity (Wildman–Crippen MR) is 79.8 cm³/mol. The van der Waals surface area contributed by atoms with E-state index in [-0.39, 0.29) is 6.61 Å². The molecule has 2 rings (SSSR count). The van der Waals surface area contributed by atoms with Gasteiger partial charge in [0, 0.05) is 25.0 Å². The zero-order valence-corrected chi connectivity index (χ0v) is 12.7. The number of hydrogen-bond donors (Lipinski definition) is 0. The predicted octanol–water partition coefficient (Wildman–Crippen LogP) is 1.90. The lowest BCUT2D eigenvalue weighted by molar-refractivity contribution is -0.145. The lowest BCUT2D eigenvalue weighted by Gasteiger charge is -2.03. The number of carbonyl (C=O) groups excluding carboxylic acids is 2. The van der Waals surface area contributed by atoms with Crippen molar-refractivity contribution in [1.29, 1.82) is 0 Å². The van der Waals surface area contributed by atoms with Crippen LogP contribution in [0.1, 0.15) is 18.1 Å². The molecule has 0 aliphatic carbocycles. The third-order valence-electron chi connectivity index (χ3n) is 2.75. The topological polar surface area (TPSA) is 60.7 Å². The van der Waals surface area contributed by atoms with E-state index in [4.69, 9.17) is 0 Å². The number of rotatable bonds is 4. The molecule has 0 radical (unpaired) electrons. The van der Waals surface area contributed by atoms with E-state index in [9.17, 15) is 9.59 Å². The number of nitrogens with zero attached hydrogens (tertiary/aromatic N) is 2. The summed E-state index contributed by atoms with van der Waals surface area (Å²) in [6, 6.07) is 8.19. The summed E-state index contributed by atoms with van der Waals surface area (Å²) in [5.41, 5.74) is 2.34. The van der Waals surface area contributed by atoms with Crippen LogP contribution in [-0.4, -0.2) is 23.1 Å². The van der Waals surface area contributed by atoms with Crippen molar-refractivity contribution in [3.63, 3.8) is 0 Å². The van der Waals surface area contributed by atoms with Crippen LogP contribution in [-0.2, 0) is 20.9 Å². The van der Waals surface area contributed by atoms with Crippen LogP contribution in [0.3, 0.4) is 0 Å². The Morgan fingerprint density at radius 1 is 1.29 bits per heavy atom. The van der Waals surface area contributed by atoms with Crippen molar-refractivity contribution >= 4 is 23.2 Å². The number of aromatic nitrogens is 1. The number of ether oxygens (including phenoxy) is 1. The normalized spacial score (nSPS) is 11.4. The minimum Gasteiger partial charge on any atom is -0.456 e. The lowest BCUT2D eigenvalue weighted by Crippen LogP contribution is -2.19. The molecule has 0 unspecified atom stereocenters. The Bertz CT molecular complexity index is 698. The van der Waals surface area contributed by atoms with E-state index >= 15 is 0 Å². The maximum atomic E-state index is 11.6. The van der Waals surface area contributed by atoms with Gasteiger partial charge in [-0.15, -0.1) is 11.3 Å². The van der Waals surface area contributed by atoms with Crippen LogP contribution in [0.2, 0.25) is 0 Å². The molecule has 0 aliphatic rings. The van der Waals surface area contributed by atoms with Gasteiger partial charge in [-0.05, 0) is 12.5 Å². The molecule has 0 aliphatic heterocycles. The first-order valence-electron chi connectivity index (χ1n) is 6.45. The summed E-state index contributed by atoms with van der Waals surface area (Å²) < 4.78 is 6.53. The Balaban J connectivity index is 2.12. The summed E-state index contributed by atoms with van der Waals surface area (Å²) in [5.74, 6) is -0.956. The Hall–Kier alpha value is -2.21. The average molecular weight is 304 g/mol. The Labute approximate surface area is 126 Å². The fourth-order valence-electron chi connectivity index (χ4n) is 1.70. The summed E-state index contributed by atoms with van der Waals surface area (Å²) in [5, 5.41) is 1.87. The second-order valence-electron chi connectivity index (χ2n) is 4.58. The van der Waals surface area contributed by atoms with Gasteiger partial charge in [-0.2, -0.15) is 4.99 Å². The molecule has 0 saturated carbocycles. The van der Waals surface area contributed by atoms with Crippen LogP contribution in [0.15, 0.2) is 40.8 Å².